The third-order valence-electron chi connectivity index (χ3n) is 4.56. The predicted molar refractivity (Wildman–Crippen MR) is 104 cm³/mol. The first-order valence-corrected chi connectivity index (χ1v) is 9.09. The Bertz CT molecular complexity index is 996. The van der Waals surface area contributed by atoms with E-state index in [1.54, 1.807) is 6.07 Å². The number of benzene rings is 2. The fourth-order valence-corrected chi connectivity index (χ4v) is 3.29. The van der Waals surface area contributed by atoms with Gasteiger partial charge in [-0.25, -0.2) is 8.78 Å². The molecule has 28 heavy (non-hydrogen) atoms. The normalized spacial score (nSPS) is 14.5. The molecule has 2 amide bonds. The lowest BCUT2D eigenvalue weighted by Crippen LogP contribution is -2.35. The van der Waals surface area contributed by atoms with E-state index in [0.717, 1.165) is 23.3 Å². The molecule has 4 nitrogen and oxygen atoms in total. The van der Waals surface area contributed by atoms with Crippen LogP contribution in [-0.2, 0) is 9.59 Å². The first kappa shape index (κ1) is 19.7. The zero-order valence-corrected chi connectivity index (χ0v) is 16.3. The molecular formula is C22H22F2N2O2. The molecule has 3 rings (SSSR count). The molecular weight excluding hydrogens is 362 g/mol. The highest BCUT2D eigenvalue weighted by Gasteiger charge is 2.39. The van der Waals surface area contributed by atoms with E-state index in [1.807, 2.05) is 39.8 Å². The van der Waals surface area contributed by atoms with Gasteiger partial charge >= 0.3 is 0 Å². The van der Waals surface area contributed by atoms with Crippen LogP contribution in [0.15, 0.2) is 42.1 Å². The van der Waals surface area contributed by atoms with Crippen LogP contribution in [0, 0.1) is 31.4 Å². The lowest BCUT2D eigenvalue weighted by atomic mass is 9.97. The number of halogens is 2. The molecule has 0 saturated heterocycles. The second-order valence-electron chi connectivity index (χ2n) is 7.44. The first-order valence-electron chi connectivity index (χ1n) is 9.09. The summed E-state index contributed by atoms with van der Waals surface area (Å²) in [6, 6.07) is 8.87. The number of hydrogen-bond acceptors (Lipinski definition) is 3. The van der Waals surface area contributed by atoms with Crippen molar-refractivity contribution in [3.63, 3.8) is 0 Å². The van der Waals surface area contributed by atoms with Crippen molar-refractivity contribution in [2.75, 3.05) is 11.9 Å². The maximum Gasteiger partial charge on any atom is 0.278 e. The first-order chi connectivity index (χ1) is 13.2. The SMILES string of the molecule is Cc1ccc(C2=C(Nc3ccc(F)c(F)c3)C(=O)N(CC(C)C)C2=O)c(C)c1. The molecule has 2 aromatic carbocycles. The number of anilines is 1. The lowest BCUT2D eigenvalue weighted by molar-refractivity contribution is -0.137. The Morgan fingerprint density at radius 2 is 1.68 bits per heavy atom. The second-order valence-corrected chi connectivity index (χ2v) is 7.44. The van der Waals surface area contributed by atoms with Gasteiger partial charge in [0.15, 0.2) is 11.6 Å². The Labute approximate surface area is 162 Å². The van der Waals surface area contributed by atoms with E-state index < -0.39 is 23.4 Å². The summed E-state index contributed by atoms with van der Waals surface area (Å²) in [4.78, 5) is 27.3. The number of nitrogens with zero attached hydrogens (tertiary/aromatic N) is 1. The molecule has 1 N–H and O–H groups in total. The Morgan fingerprint density at radius 3 is 2.29 bits per heavy atom. The van der Waals surface area contributed by atoms with E-state index in [9.17, 15) is 18.4 Å². The van der Waals surface area contributed by atoms with Crippen LogP contribution < -0.4 is 5.32 Å². The number of imide groups is 1. The summed E-state index contributed by atoms with van der Waals surface area (Å²) in [7, 11) is 0. The van der Waals surface area contributed by atoms with Gasteiger partial charge in [-0.05, 0) is 43.0 Å². The average Bonchev–Trinajstić information content (AvgIpc) is 2.83. The minimum atomic E-state index is -1.03. The van der Waals surface area contributed by atoms with Crippen LogP contribution in [0.4, 0.5) is 14.5 Å². The smallest absolute Gasteiger partial charge is 0.278 e. The van der Waals surface area contributed by atoms with Crippen molar-refractivity contribution >= 4 is 23.1 Å². The Morgan fingerprint density at radius 1 is 0.964 bits per heavy atom. The maximum absolute atomic E-state index is 13.6. The summed E-state index contributed by atoms with van der Waals surface area (Å²) in [6.45, 7) is 7.91. The van der Waals surface area contributed by atoms with Gasteiger partial charge in [-0.3, -0.25) is 14.5 Å². The standard InChI is InChI=1S/C22H22F2N2O2/c1-12(2)11-26-21(27)19(16-7-5-13(3)9-14(16)4)20(22(26)28)25-15-6-8-17(23)18(24)10-15/h5-10,12,25H,11H2,1-4H3. The van der Waals surface area contributed by atoms with E-state index >= 15 is 0 Å². The molecule has 146 valence electrons. The van der Waals surface area contributed by atoms with Crippen molar-refractivity contribution in [2.24, 2.45) is 5.92 Å². The van der Waals surface area contributed by atoms with Gasteiger partial charge in [-0.2, -0.15) is 0 Å². The van der Waals surface area contributed by atoms with Crippen LogP contribution in [0.5, 0.6) is 0 Å². The number of hydrogen-bond donors (Lipinski definition) is 1. The Hall–Kier alpha value is -3.02. The molecule has 0 atom stereocenters. The highest BCUT2D eigenvalue weighted by molar-refractivity contribution is 6.36. The number of carbonyl (C=O) groups excluding carboxylic acids is 2. The lowest BCUT2D eigenvalue weighted by Gasteiger charge is -2.17. The van der Waals surface area contributed by atoms with E-state index in [4.69, 9.17) is 0 Å². The van der Waals surface area contributed by atoms with Crippen molar-refractivity contribution < 1.29 is 18.4 Å². The van der Waals surface area contributed by atoms with Crippen LogP contribution in [0.1, 0.15) is 30.5 Å². The summed E-state index contributed by atoms with van der Waals surface area (Å²) >= 11 is 0. The molecule has 0 saturated carbocycles. The Kier molecular flexibility index (Phi) is 5.31. The molecule has 0 spiro atoms. The van der Waals surface area contributed by atoms with Crippen LogP contribution in [-0.4, -0.2) is 23.3 Å². The minimum absolute atomic E-state index is 0.0728. The molecule has 0 aliphatic carbocycles. The van der Waals surface area contributed by atoms with Crippen LogP contribution >= 0.6 is 0 Å². The summed E-state index contributed by atoms with van der Waals surface area (Å²) < 4.78 is 26.9. The molecule has 1 aliphatic heterocycles. The van der Waals surface area contributed by atoms with Gasteiger partial charge in [0.2, 0.25) is 0 Å². The van der Waals surface area contributed by atoms with Crippen molar-refractivity contribution in [1.82, 2.24) is 4.90 Å². The van der Waals surface area contributed by atoms with Gasteiger partial charge < -0.3 is 5.32 Å². The van der Waals surface area contributed by atoms with Gasteiger partial charge in [0, 0.05) is 18.3 Å². The number of amides is 2. The summed E-state index contributed by atoms with van der Waals surface area (Å²) in [5.41, 5.74) is 3.04. The largest absolute Gasteiger partial charge is 0.350 e. The molecule has 0 aromatic heterocycles. The maximum atomic E-state index is 13.6. The van der Waals surface area contributed by atoms with E-state index in [1.165, 1.54) is 11.0 Å². The Balaban J connectivity index is 2.12. The minimum Gasteiger partial charge on any atom is -0.350 e. The van der Waals surface area contributed by atoms with Gasteiger partial charge in [-0.1, -0.05) is 37.6 Å². The predicted octanol–water partition coefficient (Wildman–Crippen LogP) is 4.43. The highest BCUT2D eigenvalue weighted by atomic mass is 19.2. The number of nitrogens with one attached hydrogen (secondary N) is 1. The zero-order valence-electron chi connectivity index (χ0n) is 16.3. The molecule has 1 aliphatic rings. The van der Waals surface area contributed by atoms with E-state index in [0.29, 0.717) is 5.56 Å². The molecule has 2 aromatic rings. The van der Waals surface area contributed by atoms with Gasteiger partial charge in [0.25, 0.3) is 11.8 Å². The molecule has 6 heteroatoms. The van der Waals surface area contributed by atoms with Crippen LogP contribution in [0.2, 0.25) is 0 Å². The fraction of sp³-hybridized carbons (Fsp3) is 0.273. The molecule has 0 radical (unpaired) electrons. The van der Waals surface area contributed by atoms with Crippen LogP contribution in [0.25, 0.3) is 5.57 Å². The third-order valence-corrected chi connectivity index (χ3v) is 4.56. The topological polar surface area (TPSA) is 49.4 Å². The van der Waals surface area contributed by atoms with E-state index in [2.05, 4.69) is 5.32 Å². The number of carbonyl (C=O) groups is 2. The molecule has 0 bridgehead atoms. The van der Waals surface area contributed by atoms with Crippen molar-refractivity contribution in [2.45, 2.75) is 27.7 Å². The van der Waals surface area contributed by atoms with E-state index in [-0.39, 0.29) is 29.4 Å². The monoisotopic (exact) mass is 384 g/mol. The van der Waals surface area contributed by atoms with Crippen molar-refractivity contribution in [1.29, 1.82) is 0 Å². The van der Waals surface area contributed by atoms with Crippen LogP contribution in [0.3, 0.4) is 0 Å². The van der Waals surface area contributed by atoms with Gasteiger partial charge in [-0.15, -0.1) is 0 Å². The van der Waals surface area contributed by atoms with Crippen molar-refractivity contribution in [3.05, 3.63) is 70.4 Å². The van der Waals surface area contributed by atoms with Crippen molar-refractivity contribution in [3.8, 4) is 0 Å². The van der Waals surface area contributed by atoms with Gasteiger partial charge in [0.05, 0.1) is 5.57 Å². The highest BCUT2D eigenvalue weighted by Crippen LogP contribution is 2.33. The molecule has 0 fully saturated rings. The second kappa shape index (κ2) is 7.54. The summed E-state index contributed by atoms with van der Waals surface area (Å²) in [6.07, 6.45) is 0. The number of rotatable bonds is 5. The quantitative estimate of drug-likeness (QED) is 0.776. The average molecular weight is 384 g/mol. The third kappa shape index (κ3) is 3.67. The number of aryl methyl sites for hydroxylation is 2. The fourth-order valence-electron chi connectivity index (χ4n) is 3.29. The summed E-state index contributed by atoms with van der Waals surface area (Å²) in [5.74, 6) is -2.79. The molecule has 1 heterocycles. The van der Waals surface area contributed by atoms with Gasteiger partial charge in [0.1, 0.15) is 5.70 Å². The zero-order chi connectivity index (χ0) is 20.6. The molecule has 0 unspecified atom stereocenters. The summed E-state index contributed by atoms with van der Waals surface area (Å²) in [5, 5.41) is 2.84.